The van der Waals surface area contributed by atoms with Crippen LogP contribution in [0.2, 0.25) is 5.02 Å². The Morgan fingerprint density at radius 3 is 2.41 bits per heavy atom. The molecule has 1 fully saturated rings. The van der Waals surface area contributed by atoms with Gasteiger partial charge >= 0.3 is 0 Å². The number of hydrogen-bond donors (Lipinski definition) is 0. The highest BCUT2D eigenvalue weighted by Crippen LogP contribution is 2.20. The molecule has 0 saturated carbocycles. The van der Waals surface area contributed by atoms with E-state index in [1.807, 2.05) is 48.2 Å². The van der Waals surface area contributed by atoms with Gasteiger partial charge in [0.1, 0.15) is 0 Å². The van der Waals surface area contributed by atoms with Gasteiger partial charge in [-0.15, -0.1) is 10.2 Å². The van der Waals surface area contributed by atoms with E-state index < -0.39 is 6.04 Å². The van der Waals surface area contributed by atoms with Crippen molar-refractivity contribution in [1.29, 1.82) is 5.26 Å². The van der Waals surface area contributed by atoms with E-state index in [4.69, 9.17) is 16.9 Å². The van der Waals surface area contributed by atoms with Crippen molar-refractivity contribution in [2.75, 3.05) is 26.2 Å². The van der Waals surface area contributed by atoms with Gasteiger partial charge in [-0.3, -0.25) is 9.69 Å². The standard InChI is InChI=1S/C23H24ClN7O/c1-2-21(31-27-22(26-28-31)19-7-9-20(24)10-8-19)23(32)30-13-11-29(12-14-30)16-18-5-3-17(15-25)4-6-18/h3-10,21H,2,11-14,16H2,1H3/t21-/m1/s1. The molecule has 0 aliphatic carbocycles. The summed E-state index contributed by atoms with van der Waals surface area (Å²) in [5.41, 5.74) is 2.63. The summed E-state index contributed by atoms with van der Waals surface area (Å²) in [4.78, 5) is 18.8. The average molecular weight is 450 g/mol. The first-order valence-electron chi connectivity index (χ1n) is 10.6. The van der Waals surface area contributed by atoms with E-state index in [1.165, 1.54) is 4.80 Å². The fourth-order valence-electron chi connectivity index (χ4n) is 3.79. The molecule has 4 rings (SSSR count). The molecule has 1 aliphatic rings. The third-order valence-corrected chi connectivity index (χ3v) is 5.91. The van der Waals surface area contributed by atoms with E-state index in [2.05, 4.69) is 26.4 Å². The van der Waals surface area contributed by atoms with Gasteiger partial charge in [0.2, 0.25) is 11.7 Å². The lowest BCUT2D eigenvalue weighted by Crippen LogP contribution is -2.50. The van der Waals surface area contributed by atoms with E-state index in [9.17, 15) is 4.79 Å². The molecule has 1 atom stereocenters. The van der Waals surface area contributed by atoms with Crippen molar-refractivity contribution < 1.29 is 4.79 Å². The van der Waals surface area contributed by atoms with Crippen LogP contribution in [0.5, 0.6) is 0 Å². The highest BCUT2D eigenvalue weighted by Gasteiger charge is 2.29. The number of aromatic nitrogens is 4. The Morgan fingerprint density at radius 2 is 1.78 bits per heavy atom. The first-order chi connectivity index (χ1) is 15.6. The van der Waals surface area contributed by atoms with Crippen molar-refractivity contribution in [2.45, 2.75) is 25.9 Å². The van der Waals surface area contributed by atoms with Crippen LogP contribution in [0.4, 0.5) is 0 Å². The highest BCUT2D eigenvalue weighted by atomic mass is 35.5. The summed E-state index contributed by atoms with van der Waals surface area (Å²) < 4.78 is 0. The number of nitrogens with zero attached hydrogens (tertiary/aromatic N) is 7. The van der Waals surface area contributed by atoms with Crippen LogP contribution in [0.1, 0.15) is 30.5 Å². The Balaban J connectivity index is 1.36. The molecule has 2 aromatic carbocycles. The van der Waals surface area contributed by atoms with Crippen LogP contribution >= 0.6 is 11.6 Å². The van der Waals surface area contributed by atoms with Crippen LogP contribution in [0.15, 0.2) is 48.5 Å². The third kappa shape index (κ3) is 4.96. The first kappa shape index (κ1) is 21.9. The molecule has 3 aromatic rings. The number of nitriles is 1. The summed E-state index contributed by atoms with van der Waals surface area (Å²) >= 11 is 5.95. The summed E-state index contributed by atoms with van der Waals surface area (Å²) in [6, 6.07) is 16.5. The molecule has 1 amide bonds. The minimum atomic E-state index is -0.478. The molecule has 1 aromatic heterocycles. The van der Waals surface area contributed by atoms with Crippen LogP contribution in [0.25, 0.3) is 11.4 Å². The van der Waals surface area contributed by atoms with Crippen molar-refractivity contribution in [3.8, 4) is 17.5 Å². The van der Waals surface area contributed by atoms with E-state index in [0.717, 1.165) is 30.8 Å². The number of amides is 1. The second-order valence-electron chi connectivity index (χ2n) is 7.77. The molecule has 2 heterocycles. The van der Waals surface area contributed by atoms with Gasteiger partial charge in [0.15, 0.2) is 6.04 Å². The molecule has 0 bridgehead atoms. The van der Waals surface area contributed by atoms with E-state index in [-0.39, 0.29) is 5.91 Å². The van der Waals surface area contributed by atoms with Gasteiger partial charge in [-0.25, -0.2) is 0 Å². The number of hydrogen-bond acceptors (Lipinski definition) is 6. The number of carbonyl (C=O) groups is 1. The Hall–Kier alpha value is -3.28. The summed E-state index contributed by atoms with van der Waals surface area (Å²) in [5, 5.41) is 22.3. The minimum Gasteiger partial charge on any atom is -0.338 e. The second-order valence-corrected chi connectivity index (χ2v) is 8.21. The Kier molecular flexibility index (Phi) is 6.78. The lowest BCUT2D eigenvalue weighted by atomic mass is 10.1. The maximum Gasteiger partial charge on any atom is 0.249 e. The van der Waals surface area contributed by atoms with Crippen LogP contribution < -0.4 is 0 Å². The van der Waals surface area contributed by atoms with Gasteiger partial charge in [0.05, 0.1) is 11.6 Å². The predicted molar refractivity (Wildman–Crippen MR) is 121 cm³/mol. The van der Waals surface area contributed by atoms with Gasteiger partial charge in [0.25, 0.3) is 0 Å². The molecule has 32 heavy (non-hydrogen) atoms. The van der Waals surface area contributed by atoms with Gasteiger partial charge in [-0.2, -0.15) is 10.1 Å². The Labute approximate surface area is 192 Å². The molecule has 9 heteroatoms. The molecule has 0 spiro atoms. The number of tetrazole rings is 1. The predicted octanol–water partition coefficient (Wildman–Crippen LogP) is 3.16. The topological polar surface area (TPSA) is 90.9 Å². The molecule has 1 saturated heterocycles. The van der Waals surface area contributed by atoms with Crippen molar-refractivity contribution in [3.63, 3.8) is 0 Å². The SMILES string of the molecule is CC[C@H](C(=O)N1CCN(Cc2ccc(C#N)cc2)CC1)n1nnc(-c2ccc(Cl)cc2)n1. The Morgan fingerprint density at radius 1 is 1.09 bits per heavy atom. The first-order valence-corrected chi connectivity index (χ1v) is 11.0. The van der Waals surface area contributed by atoms with Crippen LogP contribution in [-0.4, -0.2) is 62.1 Å². The fraction of sp³-hybridized carbons (Fsp3) is 0.348. The maximum atomic E-state index is 13.2. The second kappa shape index (κ2) is 9.90. The molecule has 1 aliphatic heterocycles. The van der Waals surface area contributed by atoms with Crippen molar-refractivity contribution >= 4 is 17.5 Å². The summed E-state index contributed by atoms with van der Waals surface area (Å²) in [5.74, 6) is 0.491. The lowest BCUT2D eigenvalue weighted by molar-refractivity contribution is -0.137. The molecular weight excluding hydrogens is 426 g/mol. The highest BCUT2D eigenvalue weighted by molar-refractivity contribution is 6.30. The largest absolute Gasteiger partial charge is 0.338 e. The normalized spacial score (nSPS) is 15.3. The number of piperazine rings is 1. The molecule has 0 radical (unpaired) electrons. The van der Waals surface area contributed by atoms with E-state index in [1.54, 1.807) is 12.1 Å². The molecule has 164 valence electrons. The summed E-state index contributed by atoms with van der Waals surface area (Å²) in [6.45, 7) is 5.66. The number of benzene rings is 2. The summed E-state index contributed by atoms with van der Waals surface area (Å²) in [7, 11) is 0. The number of rotatable bonds is 6. The molecule has 0 N–H and O–H groups in total. The van der Waals surface area contributed by atoms with Crippen LogP contribution in [0.3, 0.4) is 0 Å². The van der Waals surface area contributed by atoms with Crippen molar-refractivity contribution in [3.05, 3.63) is 64.7 Å². The Bertz CT molecular complexity index is 1100. The minimum absolute atomic E-state index is 0.0191. The number of carbonyl (C=O) groups excluding carboxylic acids is 1. The van der Waals surface area contributed by atoms with Crippen LogP contribution in [0, 0.1) is 11.3 Å². The van der Waals surface area contributed by atoms with Gasteiger partial charge in [-0.05, 0) is 53.6 Å². The zero-order valence-corrected chi connectivity index (χ0v) is 18.6. The van der Waals surface area contributed by atoms with Crippen molar-refractivity contribution in [2.24, 2.45) is 0 Å². The third-order valence-electron chi connectivity index (χ3n) is 5.65. The quantitative estimate of drug-likeness (QED) is 0.574. The van der Waals surface area contributed by atoms with Gasteiger partial charge < -0.3 is 4.90 Å². The molecule has 8 nitrogen and oxygen atoms in total. The lowest BCUT2D eigenvalue weighted by Gasteiger charge is -2.36. The fourth-order valence-corrected chi connectivity index (χ4v) is 3.91. The van der Waals surface area contributed by atoms with Crippen LogP contribution in [-0.2, 0) is 11.3 Å². The van der Waals surface area contributed by atoms with Gasteiger partial charge in [0, 0.05) is 43.3 Å². The smallest absolute Gasteiger partial charge is 0.249 e. The monoisotopic (exact) mass is 449 g/mol. The molecule has 0 unspecified atom stereocenters. The maximum absolute atomic E-state index is 13.2. The zero-order valence-electron chi connectivity index (χ0n) is 17.9. The average Bonchev–Trinajstić information content (AvgIpc) is 3.31. The zero-order chi connectivity index (χ0) is 22.5. The molecular formula is C23H24ClN7O. The van der Waals surface area contributed by atoms with Crippen molar-refractivity contribution in [1.82, 2.24) is 30.0 Å². The van der Waals surface area contributed by atoms with Gasteiger partial charge in [-0.1, -0.05) is 30.7 Å². The number of halogens is 1. The van der Waals surface area contributed by atoms with E-state index in [0.29, 0.717) is 35.9 Å². The summed E-state index contributed by atoms with van der Waals surface area (Å²) in [6.07, 6.45) is 0.584. The van der Waals surface area contributed by atoms with E-state index >= 15 is 0 Å².